The average Bonchev–Trinajstić information content (AvgIpc) is 1.69. The summed E-state index contributed by atoms with van der Waals surface area (Å²) in [6.45, 7) is 0. The number of hydrogen-bond acceptors (Lipinski definition) is 0. The van der Waals surface area contributed by atoms with E-state index in [1.165, 1.54) is 12.1 Å². The Hall–Kier alpha value is 0.136. The van der Waals surface area contributed by atoms with Crippen LogP contribution in [0, 0.1) is 11.9 Å². The third-order valence-corrected chi connectivity index (χ3v) is 0.671. The summed E-state index contributed by atoms with van der Waals surface area (Å²) < 4.78 is 11.9. The summed E-state index contributed by atoms with van der Waals surface area (Å²) in [6, 6.07) is 8.62. The largest absolute Gasteiger partial charge is 2.00 e. The van der Waals surface area contributed by atoms with E-state index >= 15 is 0 Å². The molecule has 10 heavy (non-hydrogen) atoms. The molecule has 0 atom stereocenters. The zero-order valence-electron chi connectivity index (χ0n) is 5.18. The van der Waals surface area contributed by atoms with Crippen LogP contribution >= 0.6 is 12.4 Å². The minimum absolute atomic E-state index is 0. The van der Waals surface area contributed by atoms with Crippen molar-refractivity contribution < 1.29 is 9.09 Å². The van der Waals surface area contributed by atoms with Gasteiger partial charge in [-0.25, -0.2) is 4.39 Å². The summed E-state index contributed by atoms with van der Waals surface area (Å²) in [5, 5.41) is 0. The van der Waals surface area contributed by atoms with Gasteiger partial charge in [0.25, 0.3) is 0 Å². The van der Waals surface area contributed by atoms with Gasteiger partial charge in [0.05, 0.1) is 0 Å². The van der Waals surface area contributed by atoms with Crippen LogP contribution in [0.5, 0.6) is 0 Å². The molecule has 0 saturated carbocycles. The Kier molecular flexibility index (Phi) is 15.2. The van der Waals surface area contributed by atoms with Crippen LogP contribution in [-0.2, 0) is 0 Å². The third kappa shape index (κ3) is 6.26. The van der Waals surface area contributed by atoms with E-state index in [0.29, 0.717) is 0 Å². The van der Waals surface area contributed by atoms with Crippen LogP contribution in [0.4, 0.5) is 4.39 Å². The molecule has 1 rings (SSSR count). The van der Waals surface area contributed by atoms with E-state index in [-0.39, 0.29) is 46.0 Å². The van der Waals surface area contributed by atoms with E-state index in [1.54, 1.807) is 12.1 Å². The summed E-state index contributed by atoms with van der Waals surface area (Å²) >= 11 is 0. The van der Waals surface area contributed by atoms with Gasteiger partial charge in [-0.15, -0.1) is 24.5 Å². The molecule has 0 bridgehead atoms. The summed E-state index contributed by atoms with van der Waals surface area (Å²) in [7, 11) is 0. The molecular weight excluding hydrogens is 170 g/mol. The van der Waals surface area contributed by atoms with Gasteiger partial charge in [-0.1, -0.05) is 0 Å². The first-order chi connectivity index (χ1) is 3.39. The molecule has 0 amide bonds. The van der Waals surface area contributed by atoms with Crippen LogP contribution in [0.2, 0.25) is 0 Å². The second-order valence-electron chi connectivity index (χ2n) is 1.21. The molecule has 0 heterocycles. The first kappa shape index (κ1) is 16.6. The fraction of sp³-hybridized carbons (Fsp3) is 0. The average molecular weight is 175 g/mol. The Bertz CT molecular complexity index is 146. The third-order valence-electron chi connectivity index (χ3n) is 0.671. The van der Waals surface area contributed by atoms with Crippen molar-refractivity contribution in [2.45, 2.75) is 0 Å². The zero-order chi connectivity index (χ0) is 5.11. The van der Waals surface area contributed by atoms with E-state index in [9.17, 15) is 4.39 Å². The topological polar surface area (TPSA) is 0 Å². The number of halogens is 3. The quantitative estimate of drug-likeness (QED) is 0.338. The molecule has 0 radical (unpaired) electrons. The normalized spacial score (nSPS) is 6.10. The van der Waals surface area contributed by atoms with Crippen LogP contribution in [0.3, 0.4) is 0 Å². The monoisotopic (exact) mass is 174 g/mol. The maximum Gasteiger partial charge on any atom is 2.00 e. The zero-order valence-corrected chi connectivity index (χ0v) is 7.41. The van der Waals surface area contributed by atoms with Gasteiger partial charge < -0.3 is 4.70 Å². The van der Waals surface area contributed by atoms with Crippen molar-refractivity contribution in [1.82, 2.24) is 0 Å². The Morgan fingerprint density at radius 2 is 1.90 bits per heavy atom. The molecule has 1 aromatic rings. The molecule has 0 N–H and O–H groups in total. The molecule has 0 aliphatic heterocycles. The molecule has 0 aliphatic carbocycles. The van der Waals surface area contributed by atoms with Crippen molar-refractivity contribution in [2.24, 2.45) is 0 Å². The van der Waals surface area contributed by atoms with Crippen LogP contribution < -0.4 is 4.70 Å². The van der Waals surface area contributed by atoms with Crippen LogP contribution in [0.1, 0.15) is 0 Å². The van der Waals surface area contributed by atoms with Gasteiger partial charge in [0, 0.05) is 5.82 Å². The van der Waals surface area contributed by atoms with Crippen molar-refractivity contribution in [2.75, 3.05) is 0 Å². The summed E-state index contributed by atoms with van der Waals surface area (Å²) in [4.78, 5) is 0. The first-order valence-electron chi connectivity index (χ1n) is 2.02. The smallest absolute Gasteiger partial charge is 1.00 e. The molecule has 52 valence electrons. The van der Waals surface area contributed by atoms with E-state index < -0.39 is 0 Å². The Morgan fingerprint density at radius 3 is 2.10 bits per heavy atom. The maximum atomic E-state index is 11.9. The van der Waals surface area contributed by atoms with Crippen LogP contribution in [-0.4, -0.2) is 23.1 Å². The Balaban J connectivity index is -0.000000163. The van der Waals surface area contributed by atoms with Crippen molar-refractivity contribution in [3.63, 3.8) is 0 Å². The predicted molar refractivity (Wildman–Crippen MR) is 38.2 cm³/mol. The fourth-order valence-electron chi connectivity index (χ4n) is 0.371. The minimum Gasteiger partial charge on any atom is -1.00 e. The molecule has 0 saturated heterocycles. The number of benzene rings is 1. The van der Waals surface area contributed by atoms with Crippen molar-refractivity contribution in [3.05, 3.63) is 36.1 Å². The molecule has 0 aliphatic rings. The summed E-state index contributed by atoms with van der Waals surface area (Å²) in [5.41, 5.74) is 0. The van der Waals surface area contributed by atoms with Crippen LogP contribution in [0.15, 0.2) is 24.3 Å². The summed E-state index contributed by atoms with van der Waals surface area (Å²) in [6.07, 6.45) is 0. The first-order valence-corrected chi connectivity index (χ1v) is 2.02. The maximum absolute atomic E-state index is 11.9. The molecular formula is C6H5ClF2Mg. The predicted octanol–water partition coefficient (Wildman–Crippen LogP) is -1.33. The Labute approximate surface area is 80.7 Å². The Morgan fingerprint density at radius 1 is 1.30 bits per heavy atom. The van der Waals surface area contributed by atoms with E-state index in [4.69, 9.17) is 0 Å². The van der Waals surface area contributed by atoms with Gasteiger partial charge in [-0.3, -0.25) is 0 Å². The molecule has 0 nitrogen and oxygen atoms in total. The van der Waals surface area contributed by atoms with Crippen molar-refractivity contribution >= 4 is 35.5 Å². The van der Waals surface area contributed by atoms with Gasteiger partial charge in [0.1, 0.15) is 0 Å². The van der Waals surface area contributed by atoms with E-state index in [2.05, 4.69) is 6.07 Å². The molecule has 4 heteroatoms. The fourth-order valence-corrected chi connectivity index (χ4v) is 0.371. The minimum atomic E-state index is -0.303. The van der Waals surface area contributed by atoms with Crippen molar-refractivity contribution in [1.29, 1.82) is 0 Å². The van der Waals surface area contributed by atoms with Gasteiger partial charge in [-0.05, 0) is 0 Å². The summed E-state index contributed by atoms with van der Waals surface area (Å²) in [5.74, 6) is -0.303. The van der Waals surface area contributed by atoms with Crippen molar-refractivity contribution in [3.8, 4) is 0 Å². The standard InChI is InChI=1S/C6H4F.ClH.FH.Mg/c7-6-4-2-1-3-5-6;;;/h1-4H;2*1H;/q-1;;;+2/p-1. The van der Waals surface area contributed by atoms with Gasteiger partial charge in [-0.2, -0.15) is 18.2 Å². The second kappa shape index (κ2) is 9.14. The molecule has 0 aromatic heterocycles. The number of hydrogen-bond donors (Lipinski definition) is 0. The second-order valence-corrected chi connectivity index (χ2v) is 1.21. The van der Waals surface area contributed by atoms with E-state index in [0.717, 1.165) is 0 Å². The van der Waals surface area contributed by atoms with Gasteiger partial charge in [0.15, 0.2) is 0 Å². The van der Waals surface area contributed by atoms with Crippen LogP contribution in [0.25, 0.3) is 0 Å². The van der Waals surface area contributed by atoms with Gasteiger partial charge >= 0.3 is 23.1 Å². The SMILES string of the molecule is Cl.Fc1[c-]cccc1.[F-].[Mg+2]. The molecule has 0 fully saturated rings. The molecule has 1 aromatic carbocycles. The molecule has 0 spiro atoms. The number of rotatable bonds is 0. The molecule has 0 unspecified atom stereocenters. The van der Waals surface area contributed by atoms with E-state index in [1.807, 2.05) is 0 Å². The van der Waals surface area contributed by atoms with Gasteiger partial charge in [0.2, 0.25) is 0 Å².